The van der Waals surface area contributed by atoms with E-state index in [0.29, 0.717) is 30.9 Å². The number of anilines is 1. The number of nitrogens with zero attached hydrogens (tertiary/aromatic N) is 1. The number of nitrogens with one attached hydrogen (secondary N) is 2. The van der Waals surface area contributed by atoms with Gasteiger partial charge in [0.15, 0.2) is 0 Å². The maximum atomic E-state index is 14.0. The molecule has 1 aromatic rings. The van der Waals surface area contributed by atoms with Crippen LogP contribution in [0.3, 0.4) is 0 Å². The minimum atomic E-state index is -1.14. The van der Waals surface area contributed by atoms with Crippen LogP contribution in [-0.4, -0.2) is 75.6 Å². The van der Waals surface area contributed by atoms with Gasteiger partial charge in [-0.2, -0.15) is 0 Å². The molecule has 0 aliphatic carbocycles. The molecule has 3 N–H and O–H groups in total. The molecule has 3 heterocycles. The van der Waals surface area contributed by atoms with Crippen molar-refractivity contribution in [3.05, 3.63) is 24.3 Å². The maximum absolute atomic E-state index is 14.0. The van der Waals surface area contributed by atoms with E-state index in [2.05, 4.69) is 26.6 Å². The average Bonchev–Trinajstić information content (AvgIpc) is 3.45. The Kier molecular flexibility index (Phi) is 8.50. The van der Waals surface area contributed by atoms with E-state index < -0.39 is 35.6 Å². The summed E-state index contributed by atoms with van der Waals surface area (Å²) in [6.07, 6.45) is 2.07. The second-order valence-electron chi connectivity index (χ2n) is 10.3. The molecule has 1 spiro atoms. The Morgan fingerprint density at radius 1 is 1.24 bits per heavy atom. The highest BCUT2D eigenvalue weighted by Crippen LogP contribution is 2.60. The highest BCUT2D eigenvalue weighted by Gasteiger charge is 2.77. The summed E-state index contributed by atoms with van der Waals surface area (Å²) in [6.45, 7) is 8.03. The molecule has 37 heavy (non-hydrogen) atoms. The molecule has 0 saturated carbocycles. The van der Waals surface area contributed by atoms with Crippen LogP contribution >= 0.6 is 15.9 Å². The number of aliphatic hydroxyl groups excluding tert-OH is 1. The number of ether oxygens (including phenoxy) is 2. The van der Waals surface area contributed by atoms with Crippen molar-refractivity contribution in [2.75, 3.05) is 18.5 Å². The first-order valence-electron chi connectivity index (χ1n) is 13.3. The van der Waals surface area contributed by atoms with Crippen LogP contribution in [0.2, 0.25) is 0 Å². The Bertz CT molecular complexity index is 1000. The zero-order chi connectivity index (χ0) is 26.9. The zero-order valence-corrected chi connectivity index (χ0v) is 23.5. The fourth-order valence-electron chi connectivity index (χ4n) is 6.33. The van der Waals surface area contributed by atoms with Crippen molar-refractivity contribution in [2.45, 2.75) is 88.0 Å². The van der Waals surface area contributed by atoms with Gasteiger partial charge in [0.2, 0.25) is 17.7 Å². The van der Waals surface area contributed by atoms with E-state index >= 15 is 0 Å². The number of likely N-dealkylation sites (tertiary alicyclic amines) is 1. The minimum absolute atomic E-state index is 0.0729. The van der Waals surface area contributed by atoms with Crippen molar-refractivity contribution in [2.24, 2.45) is 11.8 Å². The summed E-state index contributed by atoms with van der Waals surface area (Å²) in [7, 11) is 0. The van der Waals surface area contributed by atoms with Crippen LogP contribution in [0.25, 0.3) is 0 Å². The third-order valence-corrected chi connectivity index (χ3v) is 8.74. The predicted octanol–water partition coefficient (Wildman–Crippen LogP) is 2.85. The lowest BCUT2D eigenvalue weighted by Crippen LogP contribution is -2.59. The topological polar surface area (TPSA) is 117 Å². The molecule has 0 aromatic heterocycles. The Labute approximate surface area is 226 Å². The van der Waals surface area contributed by atoms with E-state index in [-0.39, 0.29) is 35.2 Å². The van der Waals surface area contributed by atoms with E-state index in [4.69, 9.17) is 9.47 Å². The number of amides is 3. The molecule has 2 bridgehead atoms. The quantitative estimate of drug-likeness (QED) is 0.347. The summed E-state index contributed by atoms with van der Waals surface area (Å²) in [5, 5.41) is 16.1. The summed E-state index contributed by atoms with van der Waals surface area (Å²) in [6, 6.07) is 5.52. The van der Waals surface area contributed by atoms with Gasteiger partial charge >= 0.3 is 0 Å². The largest absolute Gasteiger partial charge is 0.494 e. The third-order valence-electron chi connectivity index (χ3n) is 7.90. The molecule has 204 valence electrons. The van der Waals surface area contributed by atoms with Gasteiger partial charge in [-0.15, -0.1) is 0 Å². The molecule has 3 fully saturated rings. The lowest BCUT2D eigenvalue weighted by molar-refractivity contribution is -0.145. The number of carbonyl (C=O) groups excluding carboxylic acids is 3. The van der Waals surface area contributed by atoms with Crippen molar-refractivity contribution >= 4 is 39.3 Å². The van der Waals surface area contributed by atoms with Gasteiger partial charge in [0.05, 0.1) is 37.2 Å². The Morgan fingerprint density at radius 2 is 1.95 bits per heavy atom. The molecule has 8 atom stereocenters. The first kappa shape index (κ1) is 27.9. The number of fused-ring (bicyclic) bond motifs is 1. The van der Waals surface area contributed by atoms with Crippen LogP contribution in [0.5, 0.6) is 5.75 Å². The highest BCUT2D eigenvalue weighted by atomic mass is 79.9. The second kappa shape index (κ2) is 11.3. The van der Waals surface area contributed by atoms with Crippen LogP contribution in [0.1, 0.15) is 53.4 Å². The summed E-state index contributed by atoms with van der Waals surface area (Å²) < 4.78 is 12.0. The number of aliphatic hydroxyl groups is 1. The number of hydrogen-bond donors (Lipinski definition) is 3. The van der Waals surface area contributed by atoms with Gasteiger partial charge in [0.25, 0.3) is 0 Å². The smallest absolute Gasteiger partial charge is 0.246 e. The molecule has 3 saturated heterocycles. The number of carbonyl (C=O) groups is 3. The molecule has 0 radical (unpaired) electrons. The number of benzene rings is 1. The Morgan fingerprint density at radius 3 is 2.54 bits per heavy atom. The summed E-state index contributed by atoms with van der Waals surface area (Å²) >= 11 is 3.68. The third kappa shape index (κ3) is 4.88. The first-order chi connectivity index (χ1) is 17.7. The van der Waals surface area contributed by atoms with Gasteiger partial charge in [-0.3, -0.25) is 14.4 Å². The SMILES string of the molecule is CCCC(C)NC(=O)C1N([C@@H](CC)CO)C(=O)[C@@H]2[C@@H](C(=O)Nc3ccc(OCC)cc3)[C@@H]3OC12CC3Br. The van der Waals surface area contributed by atoms with Crippen molar-refractivity contribution < 1.29 is 29.0 Å². The summed E-state index contributed by atoms with van der Waals surface area (Å²) in [5.41, 5.74) is -0.557. The van der Waals surface area contributed by atoms with Crippen molar-refractivity contribution in [3.63, 3.8) is 0 Å². The zero-order valence-electron chi connectivity index (χ0n) is 21.9. The minimum Gasteiger partial charge on any atom is -0.494 e. The fourth-order valence-corrected chi connectivity index (χ4v) is 7.27. The molecule has 9 nitrogen and oxygen atoms in total. The van der Waals surface area contributed by atoms with Gasteiger partial charge in [-0.05, 0) is 57.4 Å². The summed E-state index contributed by atoms with van der Waals surface area (Å²) in [5.74, 6) is -1.82. The molecular weight excluding hydrogens is 542 g/mol. The van der Waals surface area contributed by atoms with E-state index in [0.717, 1.165) is 12.8 Å². The number of alkyl halides is 1. The molecule has 3 amide bonds. The van der Waals surface area contributed by atoms with E-state index in [1.54, 1.807) is 24.3 Å². The van der Waals surface area contributed by atoms with Gasteiger partial charge in [-0.25, -0.2) is 0 Å². The van der Waals surface area contributed by atoms with Crippen molar-refractivity contribution in [3.8, 4) is 5.75 Å². The van der Waals surface area contributed by atoms with Crippen LogP contribution < -0.4 is 15.4 Å². The lowest BCUT2D eigenvalue weighted by atomic mass is 9.70. The standard InChI is InChI=1S/C27H38BrN3O6/c1-5-8-15(4)29-25(34)23-27-13-19(28)22(37-27)20(21(27)26(35)31(23)17(6-2)14-32)24(33)30-16-9-11-18(12-10-16)36-7-3/h9-12,15,17,19-23,32H,5-8,13-14H2,1-4H3,(H,29,34)(H,30,33)/t15?,17-,19?,20+,21-,22+,23?,27?/m0/s1. The molecule has 1 aromatic carbocycles. The first-order valence-corrected chi connectivity index (χ1v) is 14.2. The number of hydrogen-bond acceptors (Lipinski definition) is 6. The van der Waals surface area contributed by atoms with E-state index in [1.165, 1.54) is 4.90 Å². The second-order valence-corrected chi connectivity index (χ2v) is 11.5. The monoisotopic (exact) mass is 579 g/mol. The normalized spacial score (nSPS) is 31.7. The molecular formula is C27H38BrN3O6. The Hall–Kier alpha value is -2.17. The molecule has 4 unspecified atom stereocenters. The fraction of sp³-hybridized carbons (Fsp3) is 0.667. The maximum Gasteiger partial charge on any atom is 0.246 e. The number of rotatable bonds is 11. The van der Waals surface area contributed by atoms with Crippen molar-refractivity contribution in [1.82, 2.24) is 10.2 Å². The highest BCUT2D eigenvalue weighted by molar-refractivity contribution is 9.09. The summed E-state index contributed by atoms with van der Waals surface area (Å²) in [4.78, 5) is 42.6. The number of halogens is 1. The van der Waals surface area contributed by atoms with Gasteiger partial charge in [-0.1, -0.05) is 36.2 Å². The molecule has 10 heteroatoms. The molecule has 3 aliphatic rings. The predicted molar refractivity (Wildman–Crippen MR) is 142 cm³/mol. The van der Waals surface area contributed by atoms with E-state index in [9.17, 15) is 19.5 Å². The van der Waals surface area contributed by atoms with Crippen LogP contribution in [0, 0.1) is 11.8 Å². The molecule has 3 aliphatic heterocycles. The van der Waals surface area contributed by atoms with Gasteiger partial charge < -0.3 is 30.1 Å². The average molecular weight is 581 g/mol. The van der Waals surface area contributed by atoms with E-state index in [1.807, 2.05) is 27.7 Å². The van der Waals surface area contributed by atoms with Gasteiger partial charge in [0, 0.05) is 16.6 Å². The molecule has 4 rings (SSSR count). The van der Waals surface area contributed by atoms with Crippen molar-refractivity contribution in [1.29, 1.82) is 0 Å². The lowest BCUT2D eigenvalue weighted by Gasteiger charge is -2.37. The van der Waals surface area contributed by atoms with Crippen LogP contribution in [0.4, 0.5) is 5.69 Å². The Balaban J connectivity index is 1.66. The van der Waals surface area contributed by atoms with Crippen LogP contribution in [-0.2, 0) is 19.1 Å². The van der Waals surface area contributed by atoms with Crippen LogP contribution in [0.15, 0.2) is 24.3 Å². The van der Waals surface area contributed by atoms with Gasteiger partial charge in [0.1, 0.15) is 17.4 Å².